The van der Waals surface area contributed by atoms with E-state index in [1.165, 1.54) is 5.56 Å². The first kappa shape index (κ1) is 17.7. The molecule has 0 atom stereocenters. The monoisotopic (exact) mass is 363 g/mol. The minimum atomic E-state index is 0.0808. The summed E-state index contributed by atoms with van der Waals surface area (Å²) in [6.07, 6.45) is 1.82. The third kappa shape index (κ3) is 3.88. The highest BCUT2D eigenvalue weighted by molar-refractivity contribution is 5.97. The third-order valence-electron chi connectivity index (χ3n) is 5.44. The molecule has 0 unspecified atom stereocenters. The topological polar surface area (TPSA) is 43.9 Å². The Morgan fingerprint density at radius 3 is 2.44 bits per heavy atom. The van der Waals surface area contributed by atoms with Crippen LogP contribution in [0.15, 0.2) is 54.6 Å². The fourth-order valence-electron chi connectivity index (χ4n) is 3.97. The molecule has 0 spiro atoms. The van der Waals surface area contributed by atoms with Gasteiger partial charge in [-0.05, 0) is 36.6 Å². The zero-order valence-electron chi connectivity index (χ0n) is 15.5. The average Bonchev–Trinajstić information content (AvgIpc) is 3.01. The molecule has 1 fully saturated rings. The number of benzene rings is 2. The highest BCUT2D eigenvalue weighted by Crippen LogP contribution is 2.27. The molecule has 1 saturated heterocycles. The Morgan fingerprint density at radius 2 is 1.59 bits per heavy atom. The predicted molar refractivity (Wildman–Crippen MR) is 106 cm³/mol. The summed E-state index contributed by atoms with van der Waals surface area (Å²) in [6.45, 7) is 4.18. The number of carbonyl (C=O) groups excluding carboxylic acids is 2. The fourth-order valence-corrected chi connectivity index (χ4v) is 3.97. The first-order valence-electron chi connectivity index (χ1n) is 9.67. The van der Waals surface area contributed by atoms with Crippen molar-refractivity contribution in [3.8, 4) is 0 Å². The predicted octanol–water partition coefficient (Wildman–Crippen LogP) is 2.42. The van der Waals surface area contributed by atoms with Crippen molar-refractivity contribution in [2.45, 2.75) is 12.8 Å². The third-order valence-corrected chi connectivity index (χ3v) is 5.44. The Labute approximate surface area is 160 Å². The van der Waals surface area contributed by atoms with Crippen molar-refractivity contribution in [1.82, 2.24) is 9.80 Å². The molecule has 2 aliphatic rings. The normalized spacial score (nSPS) is 17.5. The van der Waals surface area contributed by atoms with E-state index in [9.17, 15) is 9.59 Å². The van der Waals surface area contributed by atoms with Gasteiger partial charge >= 0.3 is 0 Å². The molecule has 2 amide bonds. The van der Waals surface area contributed by atoms with Crippen LogP contribution in [0.25, 0.3) is 0 Å². The number of carbonyl (C=O) groups is 2. The van der Waals surface area contributed by atoms with Gasteiger partial charge in [0.05, 0.1) is 6.54 Å². The Morgan fingerprint density at radius 1 is 0.815 bits per heavy atom. The lowest BCUT2D eigenvalue weighted by atomic mass is 10.2. The van der Waals surface area contributed by atoms with E-state index >= 15 is 0 Å². The van der Waals surface area contributed by atoms with Gasteiger partial charge in [0.25, 0.3) is 5.91 Å². The number of fused-ring (bicyclic) bond motifs is 1. The number of anilines is 1. The smallest absolute Gasteiger partial charge is 0.253 e. The lowest BCUT2D eigenvalue weighted by Gasteiger charge is -2.24. The zero-order chi connectivity index (χ0) is 18.6. The van der Waals surface area contributed by atoms with Crippen molar-refractivity contribution in [3.63, 3.8) is 0 Å². The number of hydrogen-bond donors (Lipinski definition) is 0. The van der Waals surface area contributed by atoms with Gasteiger partial charge < -0.3 is 9.80 Å². The minimum absolute atomic E-state index is 0.0808. The van der Waals surface area contributed by atoms with Crippen LogP contribution in [0, 0.1) is 0 Å². The Hall–Kier alpha value is -2.66. The lowest BCUT2D eigenvalue weighted by molar-refractivity contribution is -0.119. The first-order chi connectivity index (χ1) is 13.2. The van der Waals surface area contributed by atoms with E-state index in [2.05, 4.69) is 11.0 Å². The minimum Gasteiger partial charge on any atom is -0.337 e. The van der Waals surface area contributed by atoms with Gasteiger partial charge in [0, 0.05) is 44.0 Å². The second-order valence-electron chi connectivity index (χ2n) is 7.21. The maximum atomic E-state index is 12.8. The highest BCUT2D eigenvalue weighted by atomic mass is 16.2. The number of rotatable bonds is 3. The Balaban J connectivity index is 1.35. The van der Waals surface area contributed by atoms with E-state index in [0.29, 0.717) is 13.1 Å². The van der Waals surface area contributed by atoms with Gasteiger partial charge in [-0.25, -0.2) is 0 Å². The molecule has 0 N–H and O–H groups in total. The van der Waals surface area contributed by atoms with Crippen LogP contribution in [-0.4, -0.2) is 60.9 Å². The molecule has 2 aliphatic heterocycles. The quantitative estimate of drug-likeness (QED) is 0.841. The van der Waals surface area contributed by atoms with Gasteiger partial charge in [0.2, 0.25) is 5.91 Å². The Kier molecular flexibility index (Phi) is 5.21. The number of nitrogens with zero attached hydrogens (tertiary/aromatic N) is 3. The summed E-state index contributed by atoms with van der Waals surface area (Å²) in [5.41, 5.74) is 3.04. The summed E-state index contributed by atoms with van der Waals surface area (Å²) in [4.78, 5) is 31.5. The number of amides is 2. The second-order valence-corrected chi connectivity index (χ2v) is 7.21. The molecule has 0 aliphatic carbocycles. The molecular formula is C22H25N3O2. The van der Waals surface area contributed by atoms with Crippen molar-refractivity contribution < 1.29 is 9.59 Å². The fraction of sp³-hybridized carbons (Fsp3) is 0.364. The molecule has 0 saturated carbocycles. The van der Waals surface area contributed by atoms with Gasteiger partial charge in [-0.15, -0.1) is 0 Å². The van der Waals surface area contributed by atoms with Crippen molar-refractivity contribution in [2.75, 3.05) is 44.2 Å². The summed E-state index contributed by atoms with van der Waals surface area (Å²) < 4.78 is 0. The van der Waals surface area contributed by atoms with E-state index in [0.717, 1.165) is 50.3 Å². The largest absolute Gasteiger partial charge is 0.337 e. The summed E-state index contributed by atoms with van der Waals surface area (Å²) in [7, 11) is 0. The second kappa shape index (κ2) is 7.92. The zero-order valence-corrected chi connectivity index (χ0v) is 15.5. The summed E-state index contributed by atoms with van der Waals surface area (Å²) in [5, 5.41) is 0. The van der Waals surface area contributed by atoms with E-state index in [-0.39, 0.29) is 11.8 Å². The highest BCUT2D eigenvalue weighted by Gasteiger charge is 2.27. The van der Waals surface area contributed by atoms with Gasteiger partial charge in [0.15, 0.2) is 0 Å². The first-order valence-corrected chi connectivity index (χ1v) is 9.67. The summed E-state index contributed by atoms with van der Waals surface area (Å²) >= 11 is 0. The van der Waals surface area contributed by atoms with Crippen molar-refractivity contribution in [1.29, 1.82) is 0 Å². The number of hydrogen-bond acceptors (Lipinski definition) is 3. The van der Waals surface area contributed by atoms with Crippen LogP contribution in [0.5, 0.6) is 0 Å². The molecule has 4 rings (SSSR count). The van der Waals surface area contributed by atoms with Crippen LogP contribution < -0.4 is 4.90 Å². The van der Waals surface area contributed by atoms with Crippen LogP contribution in [0.3, 0.4) is 0 Å². The molecular weight excluding hydrogens is 338 g/mol. The molecule has 2 heterocycles. The average molecular weight is 363 g/mol. The molecule has 140 valence electrons. The van der Waals surface area contributed by atoms with Crippen molar-refractivity contribution >= 4 is 17.5 Å². The lowest BCUT2D eigenvalue weighted by Crippen LogP contribution is -2.41. The maximum absolute atomic E-state index is 12.8. The molecule has 0 radical (unpaired) electrons. The van der Waals surface area contributed by atoms with Gasteiger partial charge in [-0.3, -0.25) is 14.5 Å². The number of para-hydroxylation sites is 1. The van der Waals surface area contributed by atoms with Crippen LogP contribution in [0.2, 0.25) is 0 Å². The molecule has 2 aromatic rings. The van der Waals surface area contributed by atoms with E-state index in [4.69, 9.17) is 0 Å². The molecule has 0 aromatic heterocycles. The maximum Gasteiger partial charge on any atom is 0.253 e. The SMILES string of the molecule is O=C(c1ccccc1)N1CCCN(CC(=O)N2CCc3ccccc32)CC1. The van der Waals surface area contributed by atoms with Gasteiger partial charge in [-0.2, -0.15) is 0 Å². The van der Waals surface area contributed by atoms with Crippen LogP contribution >= 0.6 is 0 Å². The molecule has 5 heteroatoms. The molecule has 5 nitrogen and oxygen atoms in total. The van der Waals surface area contributed by atoms with Crippen LogP contribution in [-0.2, 0) is 11.2 Å². The van der Waals surface area contributed by atoms with Crippen molar-refractivity contribution in [3.05, 3.63) is 65.7 Å². The van der Waals surface area contributed by atoms with Crippen LogP contribution in [0.1, 0.15) is 22.3 Å². The van der Waals surface area contributed by atoms with Crippen molar-refractivity contribution in [2.24, 2.45) is 0 Å². The standard InChI is InChI=1S/C22H25N3O2/c26-21(25-14-11-18-7-4-5-10-20(18)25)17-23-12-6-13-24(16-15-23)22(27)19-8-2-1-3-9-19/h1-5,7-10H,6,11-17H2. The molecule has 2 aromatic carbocycles. The van der Waals surface area contributed by atoms with Gasteiger partial charge in [0.1, 0.15) is 0 Å². The van der Waals surface area contributed by atoms with E-state index in [1.54, 1.807) is 0 Å². The summed E-state index contributed by atoms with van der Waals surface area (Å²) in [6, 6.07) is 17.6. The molecule has 27 heavy (non-hydrogen) atoms. The summed E-state index contributed by atoms with van der Waals surface area (Å²) in [5.74, 6) is 0.236. The van der Waals surface area contributed by atoms with Gasteiger partial charge in [-0.1, -0.05) is 36.4 Å². The Bertz CT molecular complexity index is 821. The van der Waals surface area contributed by atoms with E-state index in [1.807, 2.05) is 58.3 Å². The molecule has 0 bridgehead atoms. The van der Waals surface area contributed by atoms with Crippen LogP contribution in [0.4, 0.5) is 5.69 Å². The van der Waals surface area contributed by atoms with E-state index < -0.39 is 0 Å².